The van der Waals surface area contributed by atoms with Gasteiger partial charge in [0.15, 0.2) is 0 Å². The first kappa shape index (κ1) is 22.8. The highest BCUT2D eigenvalue weighted by Gasteiger charge is 2.50. The summed E-state index contributed by atoms with van der Waals surface area (Å²) in [5.41, 5.74) is 1.16. The number of anilines is 2. The van der Waals surface area contributed by atoms with E-state index in [1.807, 2.05) is 19.1 Å². The van der Waals surface area contributed by atoms with Crippen LogP contribution in [-0.4, -0.2) is 37.3 Å². The van der Waals surface area contributed by atoms with Crippen LogP contribution in [0.1, 0.15) is 19.8 Å². The van der Waals surface area contributed by atoms with Crippen LogP contribution in [0.15, 0.2) is 60.7 Å². The van der Waals surface area contributed by atoms with E-state index >= 15 is 0 Å². The van der Waals surface area contributed by atoms with Crippen molar-refractivity contribution in [3.05, 3.63) is 60.7 Å². The number of rotatable bonds is 5. The molecule has 3 aliphatic rings. The van der Waals surface area contributed by atoms with Crippen LogP contribution in [-0.2, 0) is 19.2 Å². The molecule has 0 saturated carbocycles. The van der Waals surface area contributed by atoms with E-state index in [-0.39, 0.29) is 48.4 Å². The molecule has 3 amide bonds. The van der Waals surface area contributed by atoms with Gasteiger partial charge in [-0.15, -0.1) is 0 Å². The number of fused-ring (bicyclic) bond motifs is 1. The number of hydrogen-bond acceptors (Lipinski definition) is 6. The number of amides is 3. The zero-order valence-corrected chi connectivity index (χ0v) is 19.5. The standard InChI is InChI=1S/C27H26N2O6/c1-16-4-3-5-22-24(16)26(32)29(25(22)31)19-8-12-21(13-9-19)35-27(33)17-14-23(30)28(15-17)18-6-10-20(34-2)11-7-18/h3-4,6-13,16-17,22,24H,5,14-15H2,1-2H3/t16-,17+,22-,24+/m1/s1. The van der Waals surface area contributed by atoms with E-state index < -0.39 is 11.9 Å². The van der Waals surface area contributed by atoms with Gasteiger partial charge in [0.25, 0.3) is 0 Å². The molecule has 8 heteroatoms. The Morgan fingerprint density at radius 1 is 0.914 bits per heavy atom. The largest absolute Gasteiger partial charge is 0.497 e. The van der Waals surface area contributed by atoms with Gasteiger partial charge in [0.1, 0.15) is 11.5 Å². The zero-order chi connectivity index (χ0) is 24.7. The molecule has 0 bridgehead atoms. The lowest BCUT2D eigenvalue weighted by atomic mass is 9.78. The van der Waals surface area contributed by atoms with Crippen molar-refractivity contribution in [2.75, 3.05) is 23.5 Å². The van der Waals surface area contributed by atoms with Gasteiger partial charge in [-0.25, -0.2) is 0 Å². The molecule has 2 heterocycles. The Labute approximate surface area is 203 Å². The van der Waals surface area contributed by atoms with Crippen molar-refractivity contribution in [3.8, 4) is 11.5 Å². The van der Waals surface area contributed by atoms with E-state index in [1.54, 1.807) is 60.5 Å². The van der Waals surface area contributed by atoms with E-state index in [4.69, 9.17) is 9.47 Å². The summed E-state index contributed by atoms with van der Waals surface area (Å²) < 4.78 is 10.7. The van der Waals surface area contributed by atoms with Gasteiger partial charge in [0, 0.05) is 18.7 Å². The number of allylic oxidation sites excluding steroid dienone is 2. The van der Waals surface area contributed by atoms with Crippen molar-refractivity contribution >= 4 is 35.1 Å². The summed E-state index contributed by atoms with van der Waals surface area (Å²) in [4.78, 5) is 53.9. The van der Waals surface area contributed by atoms with Crippen LogP contribution < -0.4 is 19.3 Å². The topological polar surface area (TPSA) is 93.2 Å². The Balaban J connectivity index is 1.24. The van der Waals surface area contributed by atoms with Gasteiger partial charge in [-0.1, -0.05) is 19.1 Å². The maximum Gasteiger partial charge on any atom is 0.316 e. The van der Waals surface area contributed by atoms with Crippen LogP contribution in [0, 0.1) is 23.7 Å². The number of carbonyl (C=O) groups is 4. The second-order valence-corrected chi connectivity index (χ2v) is 9.19. The van der Waals surface area contributed by atoms with Crippen LogP contribution in [0.25, 0.3) is 0 Å². The molecular weight excluding hydrogens is 448 g/mol. The number of carbonyl (C=O) groups excluding carboxylic acids is 4. The van der Waals surface area contributed by atoms with Crippen molar-refractivity contribution in [2.24, 2.45) is 23.7 Å². The number of benzene rings is 2. The molecule has 2 aliphatic heterocycles. The molecule has 0 N–H and O–H groups in total. The lowest BCUT2D eigenvalue weighted by Gasteiger charge is -2.22. The molecule has 0 unspecified atom stereocenters. The molecule has 4 atom stereocenters. The third-order valence-electron chi connectivity index (χ3n) is 7.03. The predicted molar refractivity (Wildman–Crippen MR) is 128 cm³/mol. The summed E-state index contributed by atoms with van der Waals surface area (Å²) in [7, 11) is 1.57. The Bertz CT molecular complexity index is 1200. The summed E-state index contributed by atoms with van der Waals surface area (Å²) in [6, 6.07) is 13.4. The summed E-state index contributed by atoms with van der Waals surface area (Å²) in [6.45, 7) is 2.18. The fraction of sp³-hybridized carbons (Fsp3) is 0.333. The van der Waals surface area contributed by atoms with Gasteiger partial charge in [0.2, 0.25) is 17.7 Å². The SMILES string of the molecule is COc1ccc(N2C[C@@H](C(=O)Oc3ccc(N4C(=O)[C@H]5[C@H](C)C=CC[C@H]5C4=O)cc3)CC2=O)cc1. The number of methoxy groups -OCH3 is 1. The van der Waals surface area contributed by atoms with E-state index in [2.05, 4.69) is 0 Å². The highest BCUT2D eigenvalue weighted by atomic mass is 16.5. The molecule has 0 aromatic heterocycles. The van der Waals surface area contributed by atoms with Gasteiger partial charge >= 0.3 is 5.97 Å². The maximum absolute atomic E-state index is 13.0. The van der Waals surface area contributed by atoms with Crippen LogP contribution in [0.2, 0.25) is 0 Å². The summed E-state index contributed by atoms with van der Waals surface area (Å²) >= 11 is 0. The van der Waals surface area contributed by atoms with E-state index in [0.717, 1.165) is 0 Å². The monoisotopic (exact) mass is 474 g/mol. The second kappa shape index (κ2) is 9.02. The number of esters is 1. The van der Waals surface area contributed by atoms with Crippen LogP contribution >= 0.6 is 0 Å². The van der Waals surface area contributed by atoms with E-state index in [9.17, 15) is 19.2 Å². The molecule has 2 fully saturated rings. The third kappa shape index (κ3) is 4.09. The molecule has 180 valence electrons. The average Bonchev–Trinajstić information content (AvgIpc) is 3.38. The Hall–Kier alpha value is -3.94. The van der Waals surface area contributed by atoms with Gasteiger partial charge in [-0.05, 0) is 60.9 Å². The first-order chi connectivity index (χ1) is 16.9. The number of ether oxygens (including phenoxy) is 2. The molecule has 1 aliphatic carbocycles. The molecule has 5 rings (SSSR count). The van der Waals surface area contributed by atoms with Gasteiger partial charge < -0.3 is 14.4 Å². The van der Waals surface area contributed by atoms with Gasteiger partial charge in [-0.3, -0.25) is 24.1 Å². The minimum atomic E-state index is -0.594. The molecule has 8 nitrogen and oxygen atoms in total. The fourth-order valence-electron chi connectivity index (χ4n) is 5.14. The lowest BCUT2D eigenvalue weighted by molar-refractivity contribution is -0.139. The number of hydrogen-bond donors (Lipinski definition) is 0. The van der Waals surface area contributed by atoms with Gasteiger partial charge in [-0.2, -0.15) is 0 Å². The second-order valence-electron chi connectivity index (χ2n) is 9.19. The van der Waals surface area contributed by atoms with Crippen molar-refractivity contribution in [1.29, 1.82) is 0 Å². The molecule has 0 radical (unpaired) electrons. The summed E-state index contributed by atoms with van der Waals surface area (Å²) in [5.74, 6) is -1.29. The minimum Gasteiger partial charge on any atom is -0.497 e. The third-order valence-corrected chi connectivity index (χ3v) is 7.03. The molecule has 2 aromatic rings. The quantitative estimate of drug-likeness (QED) is 0.286. The fourth-order valence-corrected chi connectivity index (χ4v) is 5.14. The highest BCUT2D eigenvalue weighted by molar-refractivity contribution is 6.22. The molecule has 0 spiro atoms. The van der Waals surface area contributed by atoms with Crippen LogP contribution in [0.5, 0.6) is 11.5 Å². The van der Waals surface area contributed by atoms with Crippen LogP contribution in [0.4, 0.5) is 11.4 Å². The van der Waals surface area contributed by atoms with E-state index in [0.29, 0.717) is 29.3 Å². The summed E-state index contributed by atoms with van der Waals surface area (Å²) in [6.07, 6.45) is 4.59. The Morgan fingerprint density at radius 2 is 1.57 bits per heavy atom. The minimum absolute atomic E-state index is 0.0158. The number of nitrogens with zero attached hydrogens (tertiary/aromatic N) is 2. The molecular formula is C27H26N2O6. The van der Waals surface area contributed by atoms with Crippen LogP contribution in [0.3, 0.4) is 0 Å². The normalized spacial score (nSPS) is 25.7. The van der Waals surface area contributed by atoms with E-state index in [1.165, 1.54) is 4.90 Å². The predicted octanol–water partition coefficient (Wildman–Crippen LogP) is 3.36. The summed E-state index contributed by atoms with van der Waals surface area (Å²) in [5, 5.41) is 0. The molecule has 2 saturated heterocycles. The highest BCUT2D eigenvalue weighted by Crippen LogP contribution is 2.40. The smallest absolute Gasteiger partial charge is 0.316 e. The van der Waals surface area contributed by atoms with Crippen molar-refractivity contribution in [2.45, 2.75) is 19.8 Å². The number of imide groups is 1. The first-order valence-corrected chi connectivity index (χ1v) is 11.7. The lowest BCUT2D eigenvalue weighted by Crippen LogP contribution is -2.31. The average molecular weight is 475 g/mol. The molecule has 2 aromatic carbocycles. The maximum atomic E-state index is 13.0. The zero-order valence-electron chi connectivity index (χ0n) is 19.5. The van der Waals surface area contributed by atoms with Crippen molar-refractivity contribution < 1.29 is 28.7 Å². The van der Waals surface area contributed by atoms with Crippen molar-refractivity contribution in [3.63, 3.8) is 0 Å². The first-order valence-electron chi connectivity index (χ1n) is 11.7. The van der Waals surface area contributed by atoms with Gasteiger partial charge in [0.05, 0.1) is 30.6 Å². The Kier molecular flexibility index (Phi) is 5.88. The Morgan fingerprint density at radius 3 is 2.23 bits per heavy atom. The molecule has 35 heavy (non-hydrogen) atoms. The van der Waals surface area contributed by atoms with Crippen molar-refractivity contribution in [1.82, 2.24) is 0 Å².